The van der Waals surface area contributed by atoms with E-state index in [1.165, 1.54) is 0 Å². The lowest BCUT2D eigenvalue weighted by atomic mass is 10.9. The highest BCUT2D eigenvalue weighted by Gasteiger charge is 2.16. The molecule has 0 aliphatic carbocycles. The van der Waals surface area contributed by atoms with Crippen LogP contribution in [0.3, 0.4) is 0 Å². The van der Waals surface area contributed by atoms with Crippen LogP contribution in [0.1, 0.15) is 0 Å². The molecule has 0 heterocycles. The lowest BCUT2D eigenvalue weighted by molar-refractivity contribution is -0.113. The molecule has 0 aliphatic heterocycles. The van der Waals surface area contributed by atoms with Gasteiger partial charge in [0.25, 0.3) is 0 Å². The van der Waals surface area contributed by atoms with Crippen molar-refractivity contribution in [2.24, 2.45) is 0 Å². The topological polar surface area (TPSA) is 71.4 Å². The van der Waals surface area contributed by atoms with Crippen molar-refractivity contribution in [1.29, 1.82) is 0 Å². The Morgan fingerprint density at radius 2 is 2.00 bits per heavy atom. The molecular weight excluding hydrogens is 139 g/mol. The number of hydrogen-bond acceptors (Lipinski definition) is 3. The van der Waals surface area contributed by atoms with Gasteiger partial charge in [-0.15, -0.1) is 0 Å². The highest BCUT2D eigenvalue weighted by atomic mass is 32.2. The van der Waals surface area contributed by atoms with Crippen molar-refractivity contribution in [1.82, 2.24) is 0 Å². The van der Waals surface area contributed by atoms with Crippen molar-refractivity contribution in [3.63, 3.8) is 0 Å². The van der Waals surface area contributed by atoms with Crippen LogP contribution in [0.25, 0.3) is 0 Å². The molecule has 4 nitrogen and oxygen atoms in total. The third kappa shape index (κ3) is 1.99. The number of halogens is 1. The van der Waals surface area contributed by atoms with E-state index in [0.717, 1.165) is 0 Å². The van der Waals surface area contributed by atoms with Gasteiger partial charge < -0.3 is 0 Å². The molecule has 0 unspecified atom stereocenters. The fraction of sp³-hybridized carbons (Fsp3) is 0.500. The number of rotatable bonds is 1. The van der Waals surface area contributed by atoms with Crippen LogP contribution < -0.4 is 0 Å². The quantitative estimate of drug-likeness (QED) is 0.495. The van der Waals surface area contributed by atoms with E-state index < -0.39 is 21.9 Å². The predicted octanol–water partition coefficient (Wildman–Crippen LogP) is -0.630. The van der Waals surface area contributed by atoms with Crippen molar-refractivity contribution in [3.05, 3.63) is 0 Å². The molecule has 6 heteroatoms. The highest BCUT2D eigenvalue weighted by molar-refractivity contribution is 8.01. The van der Waals surface area contributed by atoms with E-state index in [1.807, 2.05) is 0 Å². The lowest BCUT2D eigenvalue weighted by Gasteiger charge is -1.83. The molecular formula is C2H3FO4S. The van der Waals surface area contributed by atoms with Gasteiger partial charge in [-0.05, 0) is 0 Å². The molecule has 8 heavy (non-hydrogen) atoms. The SMILES string of the molecule is O=C(CF)S(=O)(=O)O. The molecule has 0 fully saturated rings. The molecule has 48 valence electrons. The summed E-state index contributed by atoms with van der Waals surface area (Å²) in [6, 6.07) is 0. The Kier molecular flexibility index (Phi) is 2.05. The van der Waals surface area contributed by atoms with E-state index >= 15 is 0 Å². The van der Waals surface area contributed by atoms with E-state index in [0.29, 0.717) is 0 Å². The zero-order valence-electron chi connectivity index (χ0n) is 3.67. The van der Waals surface area contributed by atoms with E-state index in [4.69, 9.17) is 4.55 Å². The van der Waals surface area contributed by atoms with Crippen molar-refractivity contribution < 1.29 is 22.2 Å². The molecule has 1 N–H and O–H groups in total. The molecule has 0 aromatic heterocycles. The van der Waals surface area contributed by atoms with Crippen LogP contribution >= 0.6 is 0 Å². The molecule has 0 aliphatic rings. The van der Waals surface area contributed by atoms with Gasteiger partial charge in [0.05, 0.1) is 0 Å². The van der Waals surface area contributed by atoms with E-state index in [2.05, 4.69) is 0 Å². The minimum atomic E-state index is -4.77. The molecule has 0 aromatic rings. The number of alkyl halides is 1. The van der Waals surface area contributed by atoms with Crippen LogP contribution in [-0.2, 0) is 14.9 Å². The summed E-state index contributed by atoms with van der Waals surface area (Å²) in [6.07, 6.45) is 0. The predicted molar refractivity (Wildman–Crippen MR) is 22.5 cm³/mol. The molecule has 0 amide bonds. The number of hydrogen-bond donors (Lipinski definition) is 1. The minimum Gasteiger partial charge on any atom is -0.279 e. The van der Waals surface area contributed by atoms with Gasteiger partial charge in [-0.1, -0.05) is 0 Å². The minimum absolute atomic E-state index is 1.68. The highest BCUT2D eigenvalue weighted by Crippen LogP contribution is 1.84. The number of carbonyl (C=O) groups is 1. The van der Waals surface area contributed by atoms with Crippen molar-refractivity contribution in [2.75, 3.05) is 6.67 Å². The second-order valence-electron chi connectivity index (χ2n) is 0.981. The maximum atomic E-state index is 11.0. The Hall–Kier alpha value is -0.490. The van der Waals surface area contributed by atoms with E-state index in [1.54, 1.807) is 0 Å². The van der Waals surface area contributed by atoms with Gasteiger partial charge in [0.15, 0.2) is 6.67 Å². The zero-order chi connectivity index (χ0) is 6.78. The molecule has 0 aromatic carbocycles. The zero-order valence-corrected chi connectivity index (χ0v) is 4.48. The van der Waals surface area contributed by atoms with Gasteiger partial charge >= 0.3 is 15.2 Å². The molecule has 0 rings (SSSR count). The van der Waals surface area contributed by atoms with Gasteiger partial charge in [-0.3, -0.25) is 9.35 Å². The fourth-order valence-corrected chi connectivity index (χ4v) is 0.207. The van der Waals surface area contributed by atoms with E-state index in [9.17, 15) is 17.6 Å². The summed E-state index contributed by atoms with van der Waals surface area (Å²) >= 11 is 0. The smallest absolute Gasteiger partial charge is 0.279 e. The van der Waals surface area contributed by atoms with Crippen molar-refractivity contribution >= 4 is 15.2 Å². The standard InChI is InChI=1S/C2H3FO4S/c3-1-2(4)8(5,6)7/h1H2,(H,5,6,7). The Labute approximate surface area is 45.1 Å². The number of carbonyl (C=O) groups excluding carboxylic acids is 1. The maximum absolute atomic E-state index is 11.0. The first-order valence-electron chi connectivity index (χ1n) is 1.54. The fourth-order valence-electron chi connectivity index (χ4n) is 0.0689. The first-order chi connectivity index (χ1) is 3.48. The summed E-state index contributed by atoms with van der Waals surface area (Å²) in [5.41, 5.74) is 0. The van der Waals surface area contributed by atoms with Gasteiger partial charge in [0, 0.05) is 0 Å². The first kappa shape index (κ1) is 7.51. The van der Waals surface area contributed by atoms with Crippen LogP contribution in [0.15, 0.2) is 0 Å². The van der Waals surface area contributed by atoms with E-state index in [-0.39, 0.29) is 0 Å². The largest absolute Gasteiger partial charge is 0.331 e. The molecule has 0 atom stereocenters. The summed E-state index contributed by atoms with van der Waals surface area (Å²) in [7, 11) is -4.77. The second-order valence-corrected chi connectivity index (χ2v) is 2.39. The van der Waals surface area contributed by atoms with Gasteiger partial charge in [-0.25, -0.2) is 4.39 Å². The Morgan fingerprint density at radius 1 is 1.62 bits per heavy atom. The summed E-state index contributed by atoms with van der Waals surface area (Å²) in [5, 5.41) is -1.81. The maximum Gasteiger partial charge on any atom is 0.331 e. The van der Waals surface area contributed by atoms with Gasteiger partial charge in [-0.2, -0.15) is 8.42 Å². The Balaban J connectivity index is 4.29. The van der Waals surface area contributed by atoms with Crippen LogP contribution in [0.4, 0.5) is 4.39 Å². The monoisotopic (exact) mass is 142 g/mol. The van der Waals surface area contributed by atoms with Crippen LogP contribution in [-0.4, -0.2) is 24.8 Å². The molecule has 0 saturated heterocycles. The summed E-state index contributed by atoms with van der Waals surface area (Å²) in [5.74, 6) is 0. The summed E-state index contributed by atoms with van der Waals surface area (Å²) < 4.78 is 37.7. The third-order valence-corrected chi connectivity index (χ3v) is 1.08. The summed E-state index contributed by atoms with van der Waals surface area (Å²) in [4.78, 5) is 9.62. The average molecular weight is 142 g/mol. The summed E-state index contributed by atoms with van der Waals surface area (Å²) in [6.45, 7) is -1.68. The molecule has 0 bridgehead atoms. The van der Waals surface area contributed by atoms with Gasteiger partial charge in [0.2, 0.25) is 0 Å². The third-order valence-electron chi connectivity index (χ3n) is 0.397. The van der Waals surface area contributed by atoms with Crippen molar-refractivity contribution in [2.45, 2.75) is 0 Å². The van der Waals surface area contributed by atoms with Gasteiger partial charge in [0.1, 0.15) is 0 Å². The van der Waals surface area contributed by atoms with Crippen LogP contribution in [0, 0.1) is 0 Å². The van der Waals surface area contributed by atoms with Crippen LogP contribution in [0.2, 0.25) is 0 Å². The normalized spacial score (nSPS) is 11.2. The second kappa shape index (κ2) is 2.19. The lowest BCUT2D eigenvalue weighted by Crippen LogP contribution is -2.14. The molecule has 0 spiro atoms. The molecule has 0 saturated carbocycles. The Morgan fingerprint density at radius 3 is 2.00 bits per heavy atom. The average Bonchev–Trinajstić information content (AvgIpc) is 1.62. The molecule has 0 radical (unpaired) electrons. The first-order valence-corrected chi connectivity index (χ1v) is 2.99. The Bertz CT molecular complexity index is 180. The van der Waals surface area contributed by atoms with Crippen molar-refractivity contribution in [3.8, 4) is 0 Å². The van der Waals surface area contributed by atoms with Crippen LogP contribution in [0.5, 0.6) is 0 Å².